The summed E-state index contributed by atoms with van der Waals surface area (Å²) in [4.78, 5) is 19.2. The van der Waals surface area contributed by atoms with Crippen LogP contribution >= 0.6 is 0 Å². The maximum atomic E-state index is 15.0. The zero-order valence-electron chi connectivity index (χ0n) is 17.6. The molecule has 3 rings (SSSR count). The molecule has 28 heavy (non-hydrogen) atoms. The summed E-state index contributed by atoms with van der Waals surface area (Å²) in [7, 11) is 1.98. The average Bonchev–Trinajstić information content (AvgIpc) is 3.07. The lowest BCUT2D eigenvalue weighted by Gasteiger charge is -2.39. The van der Waals surface area contributed by atoms with Crippen LogP contribution in [0.15, 0.2) is 23.8 Å². The van der Waals surface area contributed by atoms with E-state index in [0.29, 0.717) is 19.5 Å². The van der Waals surface area contributed by atoms with Crippen LogP contribution in [0, 0.1) is 0 Å². The van der Waals surface area contributed by atoms with Crippen LogP contribution in [-0.2, 0) is 4.74 Å². The van der Waals surface area contributed by atoms with Crippen LogP contribution in [0.5, 0.6) is 0 Å². The summed E-state index contributed by atoms with van der Waals surface area (Å²) in [5.41, 5.74) is 1.53. The second-order valence-electron chi connectivity index (χ2n) is 8.83. The second-order valence-corrected chi connectivity index (χ2v) is 8.83. The molecule has 1 aromatic heterocycles. The summed E-state index contributed by atoms with van der Waals surface area (Å²) in [6.45, 7) is 9.00. The maximum Gasteiger partial charge on any atom is 0.410 e. The van der Waals surface area contributed by atoms with Crippen LogP contribution in [-0.4, -0.2) is 52.7 Å². The van der Waals surface area contributed by atoms with E-state index in [0.717, 1.165) is 35.5 Å². The Kier molecular flexibility index (Phi) is 5.87. The van der Waals surface area contributed by atoms with Crippen LogP contribution in [0.4, 0.5) is 9.18 Å². The van der Waals surface area contributed by atoms with Gasteiger partial charge in [-0.1, -0.05) is 5.57 Å². The van der Waals surface area contributed by atoms with E-state index in [1.165, 1.54) is 5.57 Å². The summed E-state index contributed by atoms with van der Waals surface area (Å²) in [6.07, 6.45) is 6.34. The highest BCUT2D eigenvalue weighted by Gasteiger charge is 2.29. The third-order valence-corrected chi connectivity index (χ3v) is 5.61. The first-order valence-corrected chi connectivity index (χ1v) is 10.1. The molecule has 0 atom stereocenters. The number of carbonyl (C=O) groups excluding carboxylic acids is 1. The Labute approximate surface area is 166 Å². The molecule has 6 heteroatoms. The van der Waals surface area contributed by atoms with Gasteiger partial charge in [-0.05, 0) is 70.7 Å². The minimum absolute atomic E-state index is 0.173. The molecule has 0 spiro atoms. The molecule has 2 aliphatic rings. The normalized spacial score (nSPS) is 24.6. The van der Waals surface area contributed by atoms with Crippen LogP contribution in [0.3, 0.4) is 0 Å². The molecule has 0 radical (unpaired) electrons. The Hall–Kier alpha value is -2.24. The fourth-order valence-electron chi connectivity index (χ4n) is 3.97. The number of ether oxygens (including phenoxy) is 1. The second kappa shape index (κ2) is 8.02. The molecule has 1 amide bonds. The minimum Gasteiger partial charge on any atom is -0.444 e. The number of hydrogen-bond acceptors (Lipinski definition) is 3. The lowest BCUT2D eigenvalue weighted by atomic mass is 10.00. The first kappa shape index (κ1) is 20.5. The number of piperidine rings is 1. The van der Waals surface area contributed by atoms with Crippen molar-refractivity contribution in [3.05, 3.63) is 34.4 Å². The number of aromatic amines is 1. The van der Waals surface area contributed by atoms with E-state index >= 15 is 4.39 Å². The van der Waals surface area contributed by atoms with E-state index in [4.69, 9.17) is 4.74 Å². The van der Waals surface area contributed by atoms with Gasteiger partial charge < -0.3 is 19.5 Å². The summed E-state index contributed by atoms with van der Waals surface area (Å²) < 4.78 is 20.5. The molecule has 5 nitrogen and oxygen atoms in total. The van der Waals surface area contributed by atoms with Gasteiger partial charge in [0.05, 0.1) is 0 Å². The summed E-state index contributed by atoms with van der Waals surface area (Å²) in [5, 5.41) is 1.93. The van der Waals surface area contributed by atoms with Gasteiger partial charge in [-0.3, -0.25) is 0 Å². The number of amides is 1. The molecular formula is C22H32FN3O2. The minimum atomic E-state index is -0.488. The quantitative estimate of drug-likeness (QED) is 0.845. The van der Waals surface area contributed by atoms with Gasteiger partial charge in [-0.2, -0.15) is 0 Å². The van der Waals surface area contributed by atoms with Gasteiger partial charge in [0.1, 0.15) is 11.4 Å². The van der Waals surface area contributed by atoms with Crippen LogP contribution in [0.2, 0.25) is 0 Å². The number of rotatable bonds is 2. The largest absolute Gasteiger partial charge is 0.444 e. The smallest absolute Gasteiger partial charge is 0.410 e. The zero-order valence-corrected chi connectivity index (χ0v) is 17.6. The maximum absolute atomic E-state index is 15.0. The van der Waals surface area contributed by atoms with E-state index in [1.54, 1.807) is 11.0 Å². The fraction of sp³-hybridized carbons (Fsp3) is 0.591. The Morgan fingerprint density at radius 2 is 1.96 bits per heavy atom. The molecule has 0 aromatic carbocycles. The number of nitrogens with zero attached hydrogens (tertiary/aromatic N) is 2. The Bertz CT molecular complexity index is 870. The molecule has 1 saturated heterocycles. The number of nitrogens with one attached hydrogen (secondary N) is 1. The Balaban J connectivity index is 1.70. The highest BCUT2D eigenvalue weighted by atomic mass is 19.1. The number of fused-ring (bicyclic) bond motifs is 1. The van der Waals surface area contributed by atoms with Crippen molar-refractivity contribution in [2.75, 3.05) is 20.1 Å². The molecule has 1 fully saturated rings. The topological polar surface area (TPSA) is 48.6 Å². The first-order valence-electron chi connectivity index (χ1n) is 10.1. The van der Waals surface area contributed by atoms with Gasteiger partial charge in [0.15, 0.2) is 0 Å². The standard InChI is InChI=1S/C22H32FN3O2/c1-15-6-7-20(18(23)14-19-17(15)8-11-24-19)25(5)16-9-12-26(13-10-16)21(27)28-22(2,3)4/h8,11,14,16,24H,6-7,9-10,12-13H2,1-5H3/b17-15+,19-14+,20-18-. The number of hydrogen-bond donors (Lipinski definition) is 1. The molecule has 0 unspecified atom stereocenters. The van der Waals surface area contributed by atoms with Crippen LogP contribution in [0.25, 0.3) is 11.6 Å². The van der Waals surface area contributed by atoms with Gasteiger partial charge in [-0.25, -0.2) is 9.18 Å². The molecule has 1 aromatic rings. The number of allylic oxidation sites excluding steroid dienone is 2. The first-order chi connectivity index (χ1) is 13.2. The van der Waals surface area contributed by atoms with Gasteiger partial charge in [0, 0.05) is 43.4 Å². The third-order valence-electron chi connectivity index (χ3n) is 5.61. The summed E-state index contributed by atoms with van der Waals surface area (Å²) in [5.74, 6) is -0.173. The van der Waals surface area contributed by atoms with E-state index in [1.807, 2.05) is 40.1 Å². The predicted molar refractivity (Wildman–Crippen MR) is 110 cm³/mol. The zero-order chi connectivity index (χ0) is 20.5. The average molecular weight is 390 g/mol. The van der Waals surface area contributed by atoms with Crippen molar-refractivity contribution in [1.82, 2.24) is 14.8 Å². The molecule has 1 aliphatic carbocycles. The van der Waals surface area contributed by atoms with Crippen LogP contribution in [0.1, 0.15) is 53.4 Å². The van der Waals surface area contributed by atoms with E-state index in [-0.39, 0.29) is 18.0 Å². The highest BCUT2D eigenvalue weighted by molar-refractivity contribution is 5.68. The molecule has 0 saturated carbocycles. The SMILES string of the molecule is C/C1=c2/cc[nH]/c2=C/C(F)=C(/N(C)C2CCN(C(=O)OC(C)(C)C)CC2)CC1. The van der Waals surface area contributed by atoms with Crippen molar-refractivity contribution >= 4 is 17.7 Å². The van der Waals surface area contributed by atoms with Crippen molar-refractivity contribution in [3.8, 4) is 0 Å². The molecular weight excluding hydrogens is 357 g/mol. The van der Waals surface area contributed by atoms with Gasteiger partial charge in [0.25, 0.3) is 0 Å². The van der Waals surface area contributed by atoms with Crippen molar-refractivity contribution in [1.29, 1.82) is 0 Å². The van der Waals surface area contributed by atoms with Crippen molar-refractivity contribution in [2.24, 2.45) is 0 Å². The lowest BCUT2D eigenvalue weighted by molar-refractivity contribution is 0.0168. The van der Waals surface area contributed by atoms with E-state index in [2.05, 4.69) is 16.8 Å². The predicted octanol–water partition coefficient (Wildman–Crippen LogP) is 3.27. The van der Waals surface area contributed by atoms with E-state index < -0.39 is 5.60 Å². The monoisotopic (exact) mass is 389 g/mol. The van der Waals surface area contributed by atoms with Gasteiger partial charge in [-0.15, -0.1) is 0 Å². The fourth-order valence-corrected chi connectivity index (χ4v) is 3.97. The number of H-pyrrole nitrogens is 1. The molecule has 0 bridgehead atoms. The van der Waals surface area contributed by atoms with Gasteiger partial charge >= 0.3 is 6.09 Å². The summed E-state index contributed by atoms with van der Waals surface area (Å²) >= 11 is 0. The molecule has 1 aliphatic heterocycles. The molecule has 2 heterocycles. The Morgan fingerprint density at radius 3 is 2.61 bits per heavy atom. The Morgan fingerprint density at radius 1 is 1.29 bits per heavy atom. The summed E-state index contributed by atoms with van der Waals surface area (Å²) in [6, 6.07) is 2.23. The number of halogens is 1. The van der Waals surface area contributed by atoms with Gasteiger partial charge in [0.2, 0.25) is 0 Å². The van der Waals surface area contributed by atoms with Crippen molar-refractivity contribution in [2.45, 2.75) is 65.0 Å². The lowest BCUT2D eigenvalue weighted by Crippen LogP contribution is -2.47. The van der Waals surface area contributed by atoms with Crippen LogP contribution < -0.4 is 10.6 Å². The van der Waals surface area contributed by atoms with E-state index in [9.17, 15) is 4.79 Å². The molecule has 1 N–H and O–H groups in total. The van der Waals surface area contributed by atoms with Crippen molar-refractivity contribution < 1.29 is 13.9 Å². The number of aromatic nitrogens is 1. The third kappa shape index (κ3) is 4.59. The van der Waals surface area contributed by atoms with Crippen molar-refractivity contribution in [3.63, 3.8) is 0 Å². The number of carbonyl (C=O) groups is 1. The molecule has 154 valence electrons. The highest BCUT2D eigenvalue weighted by Crippen LogP contribution is 2.27. The number of likely N-dealkylation sites (tertiary alicyclic amines) is 1.